The van der Waals surface area contributed by atoms with Gasteiger partial charge in [0.2, 0.25) is 10.0 Å². The van der Waals surface area contributed by atoms with Gasteiger partial charge in [-0.3, -0.25) is 4.79 Å². The lowest BCUT2D eigenvalue weighted by Crippen LogP contribution is -2.51. The predicted octanol–water partition coefficient (Wildman–Crippen LogP) is 1.57. The number of carboxylic acids is 1. The zero-order valence-electron chi connectivity index (χ0n) is 12.4. The minimum absolute atomic E-state index is 0.380. The van der Waals surface area contributed by atoms with Crippen LogP contribution in [0.4, 0.5) is 8.78 Å². The summed E-state index contributed by atoms with van der Waals surface area (Å²) in [5, 5.41) is 8.94. The number of piperidine rings is 1. The van der Waals surface area contributed by atoms with Crippen LogP contribution in [0.1, 0.15) is 12.0 Å². The minimum atomic E-state index is -4.06. The smallest absolute Gasteiger partial charge is 0.308 e. The maximum absolute atomic E-state index is 13.7. The molecule has 1 N–H and O–H groups in total. The number of methoxy groups -OCH3 is 1. The largest absolute Gasteiger partial charge is 0.497 e. The highest BCUT2D eigenvalue weighted by atomic mass is 32.2. The van der Waals surface area contributed by atoms with E-state index in [2.05, 4.69) is 0 Å². The van der Waals surface area contributed by atoms with Crippen molar-refractivity contribution in [3.63, 3.8) is 0 Å². The first-order valence-corrected chi connectivity index (χ1v) is 8.45. The molecule has 1 atom stereocenters. The molecule has 2 rings (SSSR count). The number of nitrogens with zero attached hydrogens (tertiary/aromatic N) is 1. The maximum Gasteiger partial charge on any atom is 0.308 e. The van der Waals surface area contributed by atoms with Gasteiger partial charge in [-0.15, -0.1) is 0 Å². The Bertz CT molecular complexity index is 692. The standard InChI is InChI=1S/C14H17F2NO5S/c1-22-12-4-2-3-10(5-12)8-23(20,21)17-7-11(13(18)19)6-14(15,16)9-17/h2-5,11H,6-9H2,1H3,(H,18,19). The first-order chi connectivity index (χ1) is 10.6. The number of rotatable bonds is 5. The Kier molecular flexibility index (Phi) is 4.90. The molecule has 1 fully saturated rings. The van der Waals surface area contributed by atoms with Crippen LogP contribution in [-0.4, -0.2) is 49.9 Å². The molecule has 23 heavy (non-hydrogen) atoms. The lowest BCUT2D eigenvalue weighted by atomic mass is 9.97. The van der Waals surface area contributed by atoms with Gasteiger partial charge in [0.1, 0.15) is 5.75 Å². The van der Waals surface area contributed by atoms with Gasteiger partial charge in [0, 0.05) is 13.0 Å². The van der Waals surface area contributed by atoms with Gasteiger partial charge in [0.05, 0.1) is 25.3 Å². The van der Waals surface area contributed by atoms with Gasteiger partial charge in [-0.2, -0.15) is 4.31 Å². The van der Waals surface area contributed by atoms with Crippen molar-refractivity contribution in [3.8, 4) is 5.75 Å². The van der Waals surface area contributed by atoms with Crippen molar-refractivity contribution in [1.29, 1.82) is 0 Å². The monoisotopic (exact) mass is 349 g/mol. The summed E-state index contributed by atoms with van der Waals surface area (Å²) in [7, 11) is -2.64. The third kappa shape index (κ3) is 4.38. The summed E-state index contributed by atoms with van der Waals surface area (Å²) in [6, 6.07) is 6.26. The zero-order chi connectivity index (χ0) is 17.3. The first kappa shape index (κ1) is 17.6. The summed E-state index contributed by atoms with van der Waals surface area (Å²) in [5.41, 5.74) is 0.380. The van der Waals surface area contributed by atoms with Crippen LogP contribution in [0, 0.1) is 5.92 Å². The molecular formula is C14H17F2NO5S. The Labute approximate surface area is 132 Å². The van der Waals surface area contributed by atoms with Gasteiger partial charge in [-0.05, 0) is 17.7 Å². The van der Waals surface area contributed by atoms with Crippen LogP contribution in [0.15, 0.2) is 24.3 Å². The lowest BCUT2D eigenvalue weighted by molar-refractivity contribution is -0.150. The van der Waals surface area contributed by atoms with E-state index in [4.69, 9.17) is 9.84 Å². The average Bonchev–Trinajstić information content (AvgIpc) is 2.45. The molecule has 0 aromatic heterocycles. The zero-order valence-corrected chi connectivity index (χ0v) is 13.2. The molecule has 0 aliphatic carbocycles. The molecule has 6 nitrogen and oxygen atoms in total. The van der Waals surface area contributed by atoms with Crippen molar-refractivity contribution in [1.82, 2.24) is 4.31 Å². The Hall–Kier alpha value is -1.74. The van der Waals surface area contributed by atoms with E-state index in [1.54, 1.807) is 12.1 Å². The number of carbonyl (C=O) groups is 1. The summed E-state index contributed by atoms with van der Waals surface area (Å²) in [5.74, 6) is -6.25. The number of benzene rings is 1. The molecule has 0 spiro atoms. The number of ether oxygens (including phenoxy) is 1. The quantitative estimate of drug-likeness (QED) is 0.872. The van der Waals surface area contributed by atoms with Crippen LogP contribution in [0.5, 0.6) is 5.75 Å². The van der Waals surface area contributed by atoms with Crippen molar-refractivity contribution in [2.24, 2.45) is 5.92 Å². The molecule has 9 heteroatoms. The second kappa shape index (κ2) is 6.40. The fraction of sp³-hybridized carbons (Fsp3) is 0.500. The number of aliphatic carboxylic acids is 1. The molecule has 128 valence electrons. The number of carboxylic acid groups (broad SMARTS) is 1. The van der Waals surface area contributed by atoms with E-state index in [1.807, 2.05) is 0 Å². The number of hydrogen-bond acceptors (Lipinski definition) is 4. The summed E-state index contributed by atoms with van der Waals surface area (Å²) in [6.45, 7) is -1.44. The van der Waals surface area contributed by atoms with Gasteiger partial charge < -0.3 is 9.84 Å². The van der Waals surface area contributed by atoms with Crippen LogP contribution >= 0.6 is 0 Å². The molecule has 1 aliphatic heterocycles. The topological polar surface area (TPSA) is 83.9 Å². The van der Waals surface area contributed by atoms with E-state index < -0.39 is 53.1 Å². The second-order valence-corrected chi connectivity index (χ2v) is 7.46. The number of halogens is 2. The molecule has 1 saturated heterocycles. The van der Waals surface area contributed by atoms with Gasteiger partial charge >= 0.3 is 5.97 Å². The van der Waals surface area contributed by atoms with E-state index in [-0.39, 0.29) is 0 Å². The van der Waals surface area contributed by atoms with Crippen molar-refractivity contribution in [3.05, 3.63) is 29.8 Å². The number of sulfonamides is 1. The Morgan fingerprint density at radius 3 is 2.78 bits per heavy atom. The maximum atomic E-state index is 13.7. The molecule has 0 amide bonds. The molecule has 0 radical (unpaired) electrons. The summed E-state index contributed by atoms with van der Waals surface area (Å²) in [4.78, 5) is 11.0. The van der Waals surface area contributed by atoms with E-state index >= 15 is 0 Å². The van der Waals surface area contributed by atoms with Gasteiger partial charge in [-0.25, -0.2) is 17.2 Å². The van der Waals surface area contributed by atoms with E-state index in [9.17, 15) is 22.0 Å². The van der Waals surface area contributed by atoms with E-state index in [1.165, 1.54) is 19.2 Å². The van der Waals surface area contributed by atoms with Crippen LogP contribution in [0.2, 0.25) is 0 Å². The molecular weight excluding hydrogens is 332 g/mol. The summed E-state index contributed by atoms with van der Waals surface area (Å²) in [6.07, 6.45) is -0.854. The Morgan fingerprint density at radius 2 is 2.17 bits per heavy atom. The molecule has 1 heterocycles. The molecule has 1 unspecified atom stereocenters. The molecule has 1 aromatic carbocycles. The summed E-state index contributed by atoms with van der Waals surface area (Å²) >= 11 is 0. The van der Waals surface area contributed by atoms with Gasteiger partial charge in [-0.1, -0.05) is 12.1 Å². The number of hydrogen-bond donors (Lipinski definition) is 1. The Balaban J connectivity index is 2.22. The lowest BCUT2D eigenvalue weighted by Gasteiger charge is -2.35. The average molecular weight is 349 g/mol. The van der Waals surface area contributed by atoms with Gasteiger partial charge in [0.15, 0.2) is 0 Å². The molecule has 1 aromatic rings. The predicted molar refractivity (Wildman–Crippen MR) is 77.9 cm³/mol. The van der Waals surface area contributed by atoms with Crippen LogP contribution < -0.4 is 4.74 Å². The third-order valence-corrected chi connectivity index (χ3v) is 5.37. The van der Waals surface area contributed by atoms with Gasteiger partial charge in [0.25, 0.3) is 5.92 Å². The van der Waals surface area contributed by atoms with Crippen LogP contribution in [0.3, 0.4) is 0 Å². The molecule has 0 saturated carbocycles. The van der Waals surface area contributed by atoms with Crippen molar-refractivity contribution < 1.29 is 31.8 Å². The molecule has 0 bridgehead atoms. The van der Waals surface area contributed by atoms with Crippen molar-refractivity contribution in [2.75, 3.05) is 20.2 Å². The fourth-order valence-corrected chi connectivity index (χ4v) is 4.08. The van der Waals surface area contributed by atoms with Crippen LogP contribution in [-0.2, 0) is 20.6 Å². The highest BCUT2D eigenvalue weighted by Crippen LogP contribution is 2.32. The fourth-order valence-electron chi connectivity index (χ4n) is 2.50. The highest BCUT2D eigenvalue weighted by molar-refractivity contribution is 7.88. The Morgan fingerprint density at radius 1 is 1.48 bits per heavy atom. The van der Waals surface area contributed by atoms with E-state index in [0.717, 1.165) is 0 Å². The first-order valence-electron chi connectivity index (χ1n) is 6.84. The second-order valence-electron chi connectivity index (χ2n) is 5.50. The minimum Gasteiger partial charge on any atom is -0.497 e. The van der Waals surface area contributed by atoms with Crippen molar-refractivity contribution in [2.45, 2.75) is 18.1 Å². The van der Waals surface area contributed by atoms with E-state index in [0.29, 0.717) is 15.6 Å². The normalized spacial score (nSPS) is 21.8. The van der Waals surface area contributed by atoms with Crippen molar-refractivity contribution >= 4 is 16.0 Å². The van der Waals surface area contributed by atoms with Crippen LogP contribution in [0.25, 0.3) is 0 Å². The molecule has 1 aliphatic rings. The number of alkyl halides is 2. The SMILES string of the molecule is COc1cccc(CS(=O)(=O)N2CC(C(=O)O)CC(F)(F)C2)c1. The highest BCUT2D eigenvalue weighted by Gasteiger charge is 2.46. The summed E-state index contributed by atoms with van der Waals surface area (Å²) < 4.78 is 57.6. The third-order valence-electron chi connectivity index (χ3n) is 3.60.